The molecule has 1 saturated heterocycles. The highest BCUT2D eigenvalue weighted by atomic mass is 16.5. The summed E-state index contributed by atoms with van der Waals surface area (Å²) in [5, 5.41) is 11.8. The third-order valence-corrected chi connectivity index (χ3v) is 1.23. The number of rotatable bonds is 0. The molecule has 0 amide bonds. The first-order valence-electron chi connectivity index (χ1n) is 2.48. The maximum Gasteiger partial charge on any atom is 0.0414 e. The second kappa shape index (κ2) is 1.78. The van der Waals surface area contributed by atoms with Gasteiger partial charge in [0.2, 0.25) is 0 Å². The largest absolute Gasteiger partial charge is 0.299 e. The van der Waals surface area contributed by atoms with Gasteiger partial charge in [0.25, 0.3) is 0 Å². The lowest BCUT2D eigenvalue weighted by atomic mass is 10.5. The summed E-state index contributed by atoms with van der Waals surface area (Å²) in [4.78, 5) is 0. The quantitative estimate of drug-likeness (QED) is 0.463. The summed E-state index contributed by atoms with van der Waals surface area (Å²) < 4.78 is 0. The van der Waals surface area contributed by atoms with Crippen molar-refractivity contribution in [2.75, 3.05) is 20.1 Å². The van der Waals surface area contributed by atoms with Gasteiger partial charge in [0, 0.05) is 20.1 Å². The summed E-state index contributed by atoms with van der Waals surface area (Å²) in [6.45, 7) is 1.77. The minimum atomic E-state index is 0.788. The van der Waals surface area contributed by atoms with E-state index in [1.54, 1.807) is 5.01 Å². The fourth-order valence-corrected chi connectivity index (χ4v) is 0.727. The van der Waals surface area contributed by atoms with Gasteiger partial charge >= 0.3 is 0 Å². The molecule has 0 unspecified atom stereocenters. The van der Waals surface area contributed by atoms with Crippen molar-refractivity contribution in [2.24, 2.45) is 0 Å². The van der Waals surface area contributed by atoms with Crippen LogP contribution in [-0.4, -0.2) is 35.5 Å². The Morgan fingerprint density at radius 1 is 1.43 bits per heavy atom. The molecule has 0 bridgehead atoms. The molecule has 1 aliphatic heterocycles. The molecule has 0 atom stereocenters. The monoisotopic (exact) mass is 102 g/mol. The molecule has 0 spiro atoms. The standard InChI is InChI=1S/C4H10N2O/c1-5-3-2-4-6(5)7/h7H,2-4H2,1H3. The Labute approximate surface area is 43.1 Å². The Balaban J connectivity index is 2.33. The Morgan fingerprint density at radius 3 is 2.29 bits per heavy atom. The number of hydrogen-bond donors (Lipinski definition) is 1. The van der Waals surface area contributed by atoms with E-state index in [0.717, 1.165) is 19.5 Å². The van der Waals surface area contributed by atoms with E-state index in [2.05, 4.69) is 0 Å². The van der Waals surface area contributed by atoms with Crippen LogP contribution in [0, 0.1) is 0 Å². The smallest absolute Gasteiger partial charge is 0.0414 e. The zero-order valence-corrected chi connectivity index (χ0v) is 4.46. The summed E-state index contributed by atoms with van der Waals surface area (Å²) in [5.74, 6) is 0. The van der Waals surface area contributed by atoms with Crippen molar-refractivity contribution in [1.29, 1.82) is 0 Å². The minimum absolute atomic E-state index is 0.788. The van der Waals surface area contributed by atoms with E-state index in [1.807, 2.05) is 7.05 Å². The lowest BCUT2D eigenvalue weighted by molar-refractivity contribution is -0.205. The molecule has 42 valence electrons. The van der Waals surface area contributed by atoms with Crippen LogP contribution >= 0.6 is 0 Å². The SMILES string of the molecule is CN1CCCN1O. The molecule has 0 aromatic rings. The highest BCUT2D eigenvalue weighted by Gasteiger charge is 2.13. The van der Waals surface area contributed by atoms with Crippen LogP contribution in [-0.2, 0) is 0 Å². The highest BCUT2D eigenvalue weighted by molar-refractivity contribution is 4.53. The van der Waals surface area contributed by atoms with Crippen LogP contribution in [0.1, 0.15) is 6.42 Å². The second-order valence-corrected chi connectivity index (χ2v) is 1.83. The molecule has 1 heterocycles. The van der Waals surface area contributed by atoms with E-state index in [0.29, 0.717) is 0 Å². The fourth-order valence-electron chi connectivity index (χ4n) is 0.727. The van der Waals surface area contributed by atoms with Crippen molar-refractivity contribution < 1.29 is 5.21 Å². The van der Waals surface area contributed by atoms with E-state index < -0.39 is 0 Å². The van der Waals surface area contributed by atoms with Crippen molar-refractivity contribution >= 4 is 0 Å². The maximum atomic E-state index is 8.76. The first kappa shape index (κ1) is 5.03. The van der Waals surface area contributed by atoms with E-state index in [-0.39, 0.29) is 0 Å². The zero-order chi connectivity index (χ0) is 5.28. The number of nitrogens with zero attached hydrogens (tertiary/aromatic N) is 2. The maximum absolute atomic E-state index is 8.76. The van der Waals surface area contributed by atoms with Gasteiger partial charge < -0.3 is 0 Å². The van der Waals surface area contributed by atoms with Crippen LogP contribution in [0.3, 0.4) is 0 Å². The third kappa shape index (κ3) is 0.907. The molecule has 1 aliphatic rings. The van der Waals surface area contributed by atoms with Gasteiger partial charge in [-0.25, -0.2) is 5.01 Å². The van der Waals surface area contributed by atoms with Crippen LogP contribution in [0.4, 0.5) is 0 Å². The van der Waals surface area contributed by atoms with Gasteiger partial charge in [0.1, 0.15) is 0 Å². The van der Waals surface area contributed by atoms with Crippen LogP contribution < -0.4 is 0 Å². The average Bonchev–Trinajstić information content (AvgIpc) is 1.91. The molecule has 3 nitrogen and oxygen atoms in total. The van der Waals surface area contributed by atoms with Crippen molar-refractivity contribution in [3.05, 3.63) is 0 Å². The normalized spacial score (nSPS) is 26.6. The predicted octanol–water partition coefficient (Wildman–Crippen LogP) is -0.0719. The summed E-state index contributed by atoms with van der Waals surface area (Å²) in [7, 11) is 1.87. The Kier molecular flexibility index (Phi) is 1.27. The zero-order valence-electron chi connectivity index (χ0n) is 4.46. The van der Waals surface area contributed by atoms with Gasteiger partial charge in [-0.1, -0.05) is 0 Å². The molecule has 0 aromatic heterocycles. The molecular formula is C4H10N2O. The molecule has 1 fully saturated rings. The van der Waals surface area contributed by atoms with E-state index >= 15 is 0 Å². The van der Waals surface area contributed by atoms with Crippen LogP contribution in [0.25, 0.3) is 0 Å². The van der Waals surface area contributed by atoms with Crippen molar-refractivity contribution in [3.63, 3.8) is 0 Å². The van der Waals surface area contributed by atoms with Gasteiger partial charge in [-0.3, -0.25) is 5.21 Å². The van der Waals surface area contributed by atoms with E-state index in [4.69, 9.17) is 5.21 Å². The van der Waals surface area contributed by atoms with Crippen LogP contribution in [0.15, 0.2) is 0 Å². The lowest BCUT2D eigenvalue weighted by Gasteiger charge is -2.14. The molecule has 3 heteroatoms. The summed E-state index contributed by atoms with van der Waals surface area (Å²) in [6, 6.07) is 0. The number of hydrogen-bond acceptors (Lipinski definition) is 3. The topological polar surface area (TPSA) is 26.7 Å². The van der Waals surface area contributed by atoms with Gasteiger partial charge in [-0.15, -0.1) is 5.17 Å². The molecule has 7 heavy (non-hydrogen) atoms. The Morgan fingerprint density at radius 2 is 2.14 bits per heavy atom. The molecule has 0 aliphatic carbocycles. The molecular weight excluding hydrogens is 92.1 g/mol. The molecule has 1 N–H and O–H groups in total. The molecule has 1 rings (SSSR count). The van der Waals surface area contributed by atoms with Gasteiger partial charge in [-0.05, 0) is 6.42 Å². The number of hydrazine groups is 1. The molecule has 0 radical (unpaired) electrons. The Bertz CT molecular complexity index is 58.7. The first-order valence-corrected chi connectivity index (χ1v) is 2.48. The van der Waals surface area contributed by atoms with Crippen molar-refractivity contribution in [2.45, 2.75) is 6.42 Å². The Hall–Kier alpha value is -0.120. The third-order valence-electron chi connectivity index (χ3n) is 1.23. The van der Waals surface area contributed by atoms with Crippen molar-refractivity contribution in [1.82, 2.24) is 10.2 Å². The van der Waals surface area contributed by atoms with E-state index in [9.17, 15) is 0 Å². The van der Waals surface area contributed by atoms with E-state index in [1.165, 1.54) is 5.17 Å². The van der Waals surface area contributed by atoms with Crippen LogP contribution in [0.2, 0.25) is 0 Å². The summed E-state index contributed by atoms with van der Waals surface area (Å²) in [5.41, 5.74) is 0. The number of hydroxylamine groups is 1. The van der Waals surface area contributed by atoms with Gasteiger partial charge in [0.15, 0.2) is 0 Å². The highest BCUT2D eigenvalue weighted by Crippen LogP contribution is 2.01. The molecule has 0 saturated carbocycles. The lowest BCUT2D eigenvalue weighted by Crippen LogP contribution is -2.29. The summed E-state index contributed by atoms with van der Waals surface area (Å²) in [6.07, 6.45) is 1.08. The summed E-state index contributed by atoms with van der Waals surface area (Å²) >= 11 is 0. The van der Waals surface area contributed by atoms with Crippen molar-refractivity contribution in [3.8, 4) is 0 Å². The van der Waals surface area contributed by atoms with Crippen LogP contribution in [0.5, 0.6) is 0 Å². The average molecular weight is 102 g/mol. The minimum Gasteiger partial charge on any atom is -0.299 e. The first-order chi connectivity index (χ1) is 3.30. The second-order valence-electron chi connectivity index (χ2n) is 1.83. The van der Waals surface area contributed by atoms with Gasteiger partial charge in [-0.2, -0.15) is 0 Å². The van der Waals surface area contributed by atoms with Gasteiger partial charge in [0.05, 0.1) is 0 Å². The predicted molar refractivity (Wildman–Crippen MR) is 25.7 cm³/mol. The molecule has 0 aromatic carbocycles. The fraction of sp³-hybridized carbons (Fsp3) is 1.00.